The maximum atomic E-state index is 13.2. The molecule has 0 amide bonds. The van der Waals surface area contributed by atoms with Crippen LogP contribution in [0.3, 0.4) is 0 Å². The molecule has 0 aromatic heterocycles. The Bertz CT molecular complexity index is 1130. The van der Waals surface area contributed by atoms with Crippen molar-refractivity contribution in [2.75, 3.05) is 26.2 Å². The van der Waals surface area contributed by atoms with Gasteiger partial charge in [0.1, 0.15) is 12.4 Å². The first-order valence-corrected chi connectivity index (χ1v) is 11.7. The number of nitrogens with zero attached hydrogens (tertiary/aromatic N) is 1. The molecule has 1 aromatic carbocycles. The second kappa shape index (κ2) is 11.0. The normalized spacial score (nSPS) is 19.2. The van der Waals surface area contributed by atoms with Gasteiger partial charge in [0.15, 0.2) is 0 Å². The summed E-state index contributed by atoms with van der Waals surface area (Å²) in [4.78, 5) is 2.41. The van der Waals surface area contributed by atoms with Crippen LogP contribution >= 0.6 is 11.6 Å². The number of hydrogen-bond donors (Lipinski definition) is 1. The lowest BCUT2D eigenvalue weighted by Crippen LogP contribution is -2.33. The number of piperidine rings is 1. The third-order valence-electron chi connectivity index (χ3n) is 5.76. The summed E-state index contributed by atoms with van der Waals surface area (Å²) in [5.41, 5.74) is 4.64. The molecule has 1 N–H and O–H groups in total. The lowest BCUT2D eigenvalue weighted by atomic mass is 10.0. The van der Waals surface area contributed by atoms with Crippen molar-refractivity contribution in [3.05, 3.63) is 93.5 Å². The fourth-order valence-corrected chi connectivity index (χ4v) is 4.27. The molecule has 0 atom stereocenters. The van der Waals surface area contributed by atoms with E-state index in [1.54, 1.807) is 18.2 Å². The molecule has 0 unspecified atom stereocenters. The fraction of sp³-hybridized carbons (Fsp3) is 0.296. The molecular formula is C27H26ClF3N2O. The number of alkyl halides is 3. The lowest BCUT2D eigenvalue weighted by molar-refractivity contribution is -0.0882. The molecule has 4 rings (SSSR count). The number of nitrogens with one attached hydrogen (secondary N) is 1. The molecule has 3 aliphatic rings. The summed E-state index contributed by atoms with van der Waals surface area (Å²) in [7, 11) is 0. The van der Waals surface area contributed by atoms with Crippen LogP contribution in [0.15, 0.2) is 77.4 Å². The molecule has 1 fully saturated rings. The maximum absolute atomic E-state index is 13.2. The van der Waals surface area contributed by atoms with Gasteiger partial charge in [-0.05, 0) is 74.0 Å². The number of halogens is 4. The molecule has 1 aliphatic heterocycles. The first-order valence-electron chi connectivity index (χ1n) is 11.3. The van der Waals surface area contributed by atoms with Crippen LogP contribution < -0.4 is 10.1 Å². The first kappa shape index (κ1) is 24.2. The number of likely N-dealkylation sites (tertiary alicyclic amines) is 1. The van der Waals surface area contributed by atoms with Crippen molar-refractivity contribution < 1.29 is 17.9 Å². The van der Waals surface area contributed by atoms with Crippen LogP contribution in [0.2, 0.25) is 5.02 Å². The smallest absolute Gasteiger partial charge is 0.416 e. The monoisotopic (exact) mass is 486 g/mol. The van der Waals surface area contributed by atoms with Gasteiger partial charge in [-0.3, -0.25) is 4.90 Å². The van der Waals surface area contributed by atoms with E-state index in [0.717, 1.165) is 42.9 Å². The summed E-state index contributed by atoms with van der Waals surface area (Å²) >= 11 is 6.52. The predicted molar refractivity (Wildman–Crippen MR) is 131 cm³/mol. The lowest BCUT2D eigenvalue weighted by Gasteiger charge is -2.26. The van der Waals surface area contributed by atoms with Gasteiger partial charge < -0.3 is 10.1 Å². The van der Waals surface area contributed by atoms with E-state index in [1.165, 1.54) is 31.4 Å². The third kappa shape index (κ3) is 6.57. The van der Waals surface area contributed by atoms with Crippen molar-refractivity contribution in [3.8, 4) is 5.75 Å². The Labute approximate surface area is 202 Å². The van der Waals surface area contributed by atoms with E-state index in [1.807, 2.05) is 24.3 Å². The van der Waals surface area contributed by atoms with Crippen LogP contribution in [0.5, 0.6) is 5.75 Å². The van der Waals surface area contributed by atoms with Gasteiger partial charge in [0, 0.05) is 17.8 Å². The minimum absolute atomic E-state index is 0.218. The van der Waals surface area contributed by atoms with E-state index >= 15 is 0 Å². The van der Waals surface area contributed by atoms with Crippen molar-refractivity contribution in [1.82, 2.24) is 10.2 Å². The minimum atomic E-state index is -4.44. The summed E-state index contributed by atoms with van der Waals surface area (Å²) in [6.07, 6.45) is 13.3. The molecule has 0 bridgehead atoms. The summed E-state index contributed by atoms with van der Waals surface area (Å²) in [6.45, 7) is 3.70. The van der Waals surface area contributed by atoms with Crippen molar-refractivity contribution >= 4 is 23.8 Å². The zero-order valence-electron chi connectivity index (χ0n) is 18.7. The number of hydrogen-bond acceptors (Lipinski definition) is 3. The molecular weight excluding hydrogens is 461 g/mol. The summed E-state index contributed by atoms with van der Waals surface area (Å²) in [6, 6.07) is 3.74. The minimum Gasteiger partial charge on any atom is -0.492 e. The summed E-state index contributed by atoms with van der Waals surface area (Å²) in [5.74, 6) is 0.691. The van der Waals surface area contributed by atoms with Gasteiger partial charge in [0.25, 0.3) is 0 Å². The second-order valence-electron chi connectivity index (χ2n) is 8.28. The highest BCUT2D eigenvalue weighted by Gasteiger charge is 2.32. The zero-order chi connectivity index (χ0) is 24.0. The highest BCUT2D eigenvalue weighted by Crippen LogP contribution is 2.31. The third-order valence-corrected chi connectivity index (χ3v) is 6.07. The zero-order valence-corrected chi connectivity index (χ0v) is 19.4. The largest absolute Gasteiger partial charge is 0.492 e. The van der Waals surface area contributed by atoms with Gasteiger partial charge in [0.05, 0.1) is 16.3 Å². The van der Waals surface area contributed by atoms with Gasteiger partial charge in [-0.25, -0.2) is 0 Å². The molecule has 0 spiro atoms. The Hall–Kier alpha value is -2.92. The van der Waals surface area contributed by atoms with E-state index in [-0.39, 0.29) is 5.70 Å². The van der Waals surface area contributed by atoms with E-state index in [0.29, 0.717) is 23.1 Å². The van der Waals surface area contributed by atoms with Crippen molar-refractivity contribution in [1.29, 1.82) is 0 Å². The first-order chi connectivity index (χ1) is 16.4. The van der Waals surface area contributed by atoms with Gasteiger partial charge in [-0.2, -0.15) is 13.2 Å². The van der Waals surface area contributed by atoms with Gasteiger partial charge in [-0.15, -0.1) is 0 Å². The maximum Gasteiger partial charge on any atom is 0.416 e. The number of fused-ring (bicyclic) bond motifs is 1. The second-order valence-corrected chi connectivity index (χ2v) is 8.69. The average molecular weight is 487 g/mol. The SMILES string of the molecule is FC(F)(F)C1=CC(NC2=C/C=C/c3c(Cl)cc(OCCN4CCCCC4)cc3C=C2)=C=CC=C1. The van der Waals surface area contributed by atoms with E-state index in [4.69, 9.17) is 16.3 Å². The van der Waals surface area contributed by atoms with Crippen LogP contribution in [-0.4, -0.2) is 37.3 Å². The molecule has 0 saturated carbocycles. The van der Waals surface area contributed by atoms with E-state index in [2.05, 4.69) is 15.9 Å². The molecule has 1 heterocycles. The molecule has 3 nitrogen and oxygen atoms in total. The number of rotatable bonds is 6. The van der Waals surface area contributed by atoms with Crippen LogP contribution in [0, 0.1) is 0 Å². The van der Waals surface area contributed by atoms with Crippen LogP contribution in [0.1, 0.15) is 30.4 Å². The van der Waals surface area contributed by atoms with Gasteiger partial charge >= 0.3 is 6.18 Å². The molecule has 2 aliphatic carbocycles. The van der Waals surface area contributed by atoms with Crippen molar-refractivity contribution in [2.45, 2.75) is 25.4 Å². The molecule has 34 heavy (non-hydrogen) atoms. The number of benzene rings is 1. The van der Waals surface area contributed by atoms with Crippen LogP contribution in [0.4, 0.5) is 13.2 Å². The Morgan fingerprint density at radius 2 is 1.85 bits per heavy atom. The number of allylic oxidation sites excluding steroid dienone is 7. The fourth-order valence-electron chi connectivity index (χ4n) is 3.99. The molecule has 1 saturated heterocycles. The van der Waals surface area contributed by atoms with E-state index in [9.17, 15) is 13.2 Å². The van der Waals surface area contributed by atoms with E-state index < -0.39 is 11.7 Å². The van der Waals surface area contributed by atoms with Gasteiger partial charge in [0.2, 0.25) is 0 Å². The standard InChI is InChI=1S/C27H26ClF3N2O/c28-26-19-24(34-16-15-33-13-4-1-5-14-33)17-20-11-12-22(9-6-10-25(20)26)32-23-8-3-2-7-21(18-23)27(29,30)31/h2-3,6-7,9-12,17-19,32H,1,4-5,13-16H2/b9-6?,10-6+,12-11?,20-11?,22-9?,22-12?,25-10?. The topological polar surface area (TPSA) is 24.5 Å². The molecule has 178 valence electrons. The van der Waals surface area contributed by atoms with Crippen LogP contribution in [-0.2, 0) is 0 Å². The average Bonchev–Trinajstić information content (AvgIpc) is 3.03. The quantitative estimate of drug-likeness (QED) is 0.447. The van der Waals surface area contributed by atoms with Crippen LogP contribution in [0.25, 0.3) is 12.2 Å². The Balaban J connectivity index is 1.46. The summed E-state index contributed by atoms with van der Waals surface area (Å²) in [5, 5.41) is 3.59. The summed E-state index contributed by atoms with van der Waals surface area (Å²) < 4.78 is 45.5. The molecule has 7 heteroatoms. The Kier molecular flexibility index (Phi) is 7.84. The predicted octanol–water partition coefficient (Wildman–Crippen LogP) is 6.82. The Morgan fingerprint density at radius 3 is 2.65 bits per heavy atom. The highest BCUT2D eigenvalue weighted by atomic mass is 35.5. The highest BCUT2D eigenvalue weighted by molar-refractivity contribution is 6.32. The molecule has 1 aromatic rings. The number of ether oxygens (including phenoxy) is 1. The Morgan fingerprint density at radius 1 is 1.03 bits per heavy atom. The van der Waals surface area contributed by atoms with Gasteiger partial charge in [-0.1, -0.05) is 48.1 Å². The van der Waals surface area contributed by atoms with Crippen molar-refractivity contribution in [2.24, 2.45) is 0 Å². The van der Waals surface area contributed by atoms with Crippen molar-refractivity contribution in [3.63, 3.8) is 0 Å². The molecule has 0 radical (unpaired) electrons.